The van der Waals surface area contributed by atoms with E-state index in [9.17, 15) is 4.79 Å². The molecule has 13 heavy (non-hydrogen) atoms. The summed E-state index contributed by atoms with van der Waals surface area (Å²) < 4.78 is 1.76. The lowest BCUT2D eigenvalue weighted by Gasteiger charge is -2.04. The molecule has 1 aromatic heterocycles. The van der Waals surface area contributed by atoms with Crippen molar-refractivity contribution in [3.05, 3.63) is 18.0 Å². The van der Waals surface area contributed by atoms with Crippen LogP contribution in [0.15, 0.2) is 12.4 Å². The van der Waals surface area contributed by atoms with Crippen LogP contribution in [0.5, 0.6) is 0 Å². The van der Waals surface area contributed by atoms with Crippen LogP contribution in [0, 0.1) is 0 Å². The van der Waals surface area contributed by atoms with Crippen molar-refractivity contribution in [3.8, 4) is 0 Å². The number of hydrogen-bond donors (Lipinski definition) is 1. The molecule has 4 nitrogen and oxygen atoms in total. The number of aliphatic carboxylic acids is 1. The van der Waals surface area contributed by atoms with E-state index in [0.717, 1.165) is 5.56 Å². The first kappa shape index (κ1) is 9.77. The molecule has 0 fully saturated rings. The fourth-order valence-electron chi connectivity index (χ4n) is 1.00. The van der Waals surface area contributed by atoms with Crippen molar-refractivity contribution in [1.29, 1.82) is 0 Å². The predicted molar refractivity (Wildman–Crippen MR) is 48.7 cm³/mol. The number of rotatable bonds is 3. The Bertz CT molecular complexity index is 304. The first-order valence-electron chi connectivity index (χ1n) is 4.29. The third-order valence-electron chi connectivity index (χ3n) is 2.02. The maximum atomic E-state index is 10.6. The summed E-state index contributed by atoms with van der Waals surface area (Å²) in [6.45, 7) is 5.66. The number of carboxylic acids is 1. The van der Waals surface area contributed by atoms with Crippen LogP contribution in [-0.2, 0) is 4.79 Å². The molecule has 72 valence electrons. The molecule has 1 N–H and O–H groups in total. The van der Waals surface area contributed by atoms with Gasteiger partial charge in [-0.25, -0.2) is 0 Å². The molecule has 0 saturated heterocycles. The van der Waals surface area contributed by atoms with E-state index in [2.05, 4.69) is 5.10 Å². The van der Waals surface area contributed by atoms with Gasteiger partial charge in [0.2, 0.25) is 0 Å². The third-order valence-corrected chi connectivity index (χ3v) is 2.02. The van der Waals surface area contributed by atoms with Gasteiger partial charge in [-0.1, -0.05) is 0 Å². The van der Waals surface area contributed by atoms with E-state index >= 15 is 0 Å². The molecular formula is C9H14N2O2. The highest BCUT2D eigenvalue weighted by molar-refractivity contribution is 5.75. The monoisotopic (exact) mass is 182 g/mol. The van der Waals surface area contributed by atoms with E-state index in [-0.39, 0.29) is 6.04 Å². The van der Waals surface area contributed by atoms with E-state index in [4.69, 9.17) is 5.11 Å². The predicted octanol–water partition coefficient (Wildman–Crippen LogP) is 1.65. The molecule has 0 aliphatic rings. The lowest BCUT2D eigenvalue weighted by molar-refractivity contribution is -0.138. The smallest absolute Gasteiger partial charge is 0.310 e. The Balaban J connectivity index is 2.85. The zero-order valence-corrected chi connectivity index (χ0v) is 8.06. The number of carbonyl (C=O) groups is 1. The fraction of sp³-hybridized carbons (Fsp3) is 0.556. The Kier molecular flexibility index (Phi) is 2.70. The Morgan fingerprint density at radius 2 is 2.15 bits per heavy atom. The quantitative estimate of drug-likeness (QED) is 0.773. The molecule has 1 atom stereocenters. The second-order valence-electron chi connectivity index (χ2n) is 3.41. The van der Waals surface area contributed by atoms with E-state index in [1.165, 1.54) is 0 Å². The first-order chi connectivity index (χ1) is 6.02. The average Bonchev–Trinajstić information content (AvgIpc) is 2.50. The van der Waals surface area contributed by atoms with Crippen molar-refractivity contribution < 1.29 is 9.90 Å². The van der Waals surface area contributed by atoms with Crippen LogP contribution < -0.4 is 0 Å². The van der Waals surface area contributed by atoms with Crippen LogP contribution in [0.25, 0.3) is 0 Å². The molecule has 0 aromatic carbocycles. The van der Waals surface area contributed by atoms with Gasteiger partial charge in [0, 0.05) is 17.8 Å². The lowest BCUT2D eigenvalue weighted by Crippen LogP contribution is -2.06. The highest BCUT2D eigenvalue weighted by atomic mass is 16.4. The molecule has 0 saturated carbocycles. The zero-order chi connectivity index (χ0) is 10.0. The minimum Gasteiger partial charge on any atom is -0.481 e. The number of carboxylic acid groups (broad SMARTS) is 1. The van der Waals surface area contributed by atoms with Gasteiger partial charge in [0.1, 0.15) is 0 Å². The minimum atomic E-state index is -0.816. The lowest BCUT2D eigenvalue weighted by atomic mass is 10.1. The van der Waals surface area contributed by atoms with Crippen molar-refractivity contribution in [2.75, 3.05) is 0 Å². The molecule has 0 aliphatic heterocycles. The Morgan fingerprint density at radius 3 is 2.54 bits per heavy atom. The molecule has 0 spiro atoms. The summed E-state index contributed by atoms with van der Waals surface area (Å²) in [4.78, 5) is 10.6. The summed E-state index contributed by atoms with van der Waals surface area (Å²) in [7, 11) is 0. The van der Waals surface area contributed by atoms with Gasteiger partial charge in [-0.3, -0.25) is 9.48 Å². The SMILES string of the molecule is CC(C(=O)O)c1cnn(C(C)C)c1. The van der Waals surface area contributed by atoms with Crippen LogP contribution in [-0.4, -0.2) is 20.9 Å². The summed E-state index contributed by atoms with van der Waals surface area (Å²) >= 11 is 0. The Morgan fingerprint density at radius 1 is 1.54 bits per heavy atom. The van der Waals surface area contributed by atoms with Crippen LogP contribution in [0.1, 0.15) is 38.3 Å². The number of aromatic nitrogens is 2. The van der Waals surface area contributed by atoms with Gasteiger partial charge in [0.15, 0.2) is 0 Å². The van der Waals surface area contributed by atoms with Gasteiger partial charge in [-0.15, -0.1) is 0 Å². The third kappa shape index (κ3) is 2.08. The van der Waals surface area contributed by atoms with E-state index in [1.807, 2.05) is 13.8 Å². The molecule has 0 bridgehead atoms. The maximum absolute atomic E-state index is 10.6. The van der Waals surface area contributed by atoms with Crippen LogP contribution >= 0.6 is 0 Å². The number of hydrogen-bond acceptors (Lipinski definition) is 2. The van der Waals surface area contributed by atoms with Crippen molar-refractivity contribution in [3.63, 3.8) is 0 Å². The second kappa shape index (κ2) is 3.60. The van der Waals surface area contributed by atoms with Gasteiger partial charge < -0.3 is 5.11 Å². The molecule has 1 aromatic rings. The molecule has 0 amide bonds. The summed E-state index contributed by atoms with van der Waals surface area (Å²) in [5.74, 6) is -1.30. The van der Waals surface area contributed by atoms with Crippen LogP contribution in [0.2, 0.25) is 0 Å². The van der Waals surface area contributed by atoms with Crippen molar-refractivity contribution in [2.24, 2.45) is 0 Å². The molecule has 4 heteroatoms. The summed E-state index contributed by atoms with van der Waals surface area (Å²) in [5, 5.41) is 12.8. The van der Waals surface area contributed by atoms with Gasteiger partial charge in [-0.05, 0) is 20.8 Å². The van der Waals surface area contributed by atoms with Gasteiger partial charge in [0.25, 0.3) is 0 Å². The Hall–Kier alpha value is -1.32. The van der Waals surface area contributed by atoms with Gasteiger partial charge in [0.05, 0.1) is 12.1 Å². The summed E-state index contributed by atoms with van der Waals surface area (Å²) in [6.07, 6.45) is 3.39. The minimum absolute atomic E-state index is 0.273. The molecular weight excluding hydrogens is 168 g/mol. The second-order valence-corrected chi connectivity index (χ2v) is 3.41. The topological polar surface area (TPSA) is 55.1 Å². The molecule has 0 aliphatic carbocycles. The van der Waals surface area contributed by atoms with Crippen molar-refractivity contribution in [1.82, 2.24) is 9.78 Å². The van der Waals surface area contributed by atoms with E-state index in [1.54, 1.807) is 24.0 Å². The van der Waals surface area contributed by atoms with E-state index < -0.39 is 11.9 Å². The largest absolute Gasteiger partial charge is 0.481 e. The van der Waals surface area contributed by atoms with Crippen molar-refractivity contribution in [2.45, 2.75) is 32.7 Å². The van der Waals surface area contributed by atoms with Gasteiger partial charge in [-0.2, -0.15) is 5.10 Å². The zero-order valence-electron chi connectivity index (χ0n) is 8.06. The van der Waals surface area contributed by atoms with Crippen LogP contribution in [0.4, 0.5) is 0 Å². The summed E-state index contributed by atoms with van der Waals surface area (Å²) in [6, 6.07) is 0.273. The van der Waals surface area contributed by atoms with Crippen molar-refractivity contribution >= 4 is 5.97 Å². The maximum Gasteiger partial charge on any atom is 0.310 e. The normalized spacial score (nSPS) is 13.2. The summed E-state index contributed by atoms with van der Waals surface area (Å²) in [5.41, 5.74) is 0.751. The molecule has 1 unspecified atom stereocenters. The van der Waals surface area contributed by atoms with E-state index in [0.29, 0.717) is 0 Å². The Labute approximate surface area is 77.2 Å². The highest BCUT2D eigenvalue weighted by Crippen LogP contribution is 2.15. The molecule has 0 radical (unpaired) electrons. The average molecular weight is 182 g/mol. The van der Waals surface area contributed by atoms with Gasteiger partial charge >= 0.3 is 5.97 Å². The highest BCUT2D eigenvalue weighted by Gasteiger charge is 2.15. The molecule has 1 heterocycles. The number of nitrogens with zero attached hydrogens (tertiary/aromatic N) is 2. The van der Waals surface area contributed by atoms with Crippen LogP contribution in [0.3, 0.4) is 0 Å². The molecule has 1 rings (SSSR count). The standard InChI is InChI=1S/C9H14N2O2/c1-6(2)11-5-8(4-10-11)7(3)9(12)13/h4-7H,1-3H3,(H,12,13). The first-order valence-corrected chi connectivity index (χ1v) is 4.29. The fourth-order valence-corrected chi connectivity index (χ4v) is 1.00.